The Morgan fingerprint density at radius 1 is 1.62 bits per heavy atom. The van der Waals surface area contributed by atoms with Gasteiger partial charge in [-0.2, -0.15) is 0 Å². The molecule has 1 rings (SSSR count). The summed E-state index contributed by atoms with van der Waals surface area (Å²) in [6.45, 7) is 0. The molecule has 0 saturated heterocycles. The molecule has 70 valence electrons. The largest absolute Gasteiger partial charge is 0.464 e. The van der Waals surface area contributed by atoms with E-state index in [9.17, 15) is 4.79 Å². The van der Waals surface area contributed by atoms with Gasteiger partial charge < -0.3 is 10.1 Å². The summed E-state index contributed by atoms with van der Waals surface area (Å²) < 4.78 is 5.05. The van der Waals surface area contributed by atoms with Crippen LogP contribution in [0.4, 0.5) is 5.95 Å². The van der Waals surface area contributed by atoms with Crippen LogP contribution >= 0.6 is 15.9 Å². The fourth-order valence-corrected chi connectivity index (χ4v) is 1.12. The summed E-state index contributed by atoms with van der Waals surface area (Å²) in [5.74, 6) is -0.116. The molecule has 0 aliphatic rings. The second kappa shape index (κ2) is 4.18. The number of methoxy groups -OCH3 is 1. The van der Waals surface area contributed by atoms with Crippen molar-refractivity contribution < 1.29 is 9.53 Å². The monoisotopic (exact) mass is 245 g/mol. The lowest BCUT2D eigenvalue weighted by Crippen LogP contribution is -2.07. The lowest BCUT2D eigenvalue weighted by molar-refractivity contribution is 0.0594. The first-order valence-corrected chi connectivity index (χ1v) is 4.27. The number of halogens is 1. The second-order valence-electron chi connectivity index (χ2n) is 2.14. The van der Waals surface area contributed by atoms with Crippen LogP contribution in [0.3, 0.4) is 0 Å². The Labute approximate surface area is 83.7 Å². The molecule has 0 unspecified atom stereocenters. The maximum Gasteiger partial charge on any atom is 0.356 e. The zero-order valence-electron chi connectivity index (χ0n) is 7.17. The predicted molar refractivity (Wildman–Crippen MR) is 50.6 cm³/mol. The van der Waals surface area contributed by atoms with Gasteiger partial charge in [0, 0.05) is 13.1 Å². The fourth-order valence-electron chi connectivity index (χ4n) is 0.739. The highest BCUT2D eigenvalue weighted by Gasteiger charge is 2.09. The van der Waals surface area contributed by atoms with Crippen LogP contribution in [0.5, 0.6) is 0 Å². The number of nitrogens with zero attached hydrogens (tertiary/aromatic N) is 2. The van der Waals surface area contributed by atoms with Crippen molar-refractivity contribution >= 4 is 27.8 Å². The van der Waals surface area contributed by atoms with Gasteiger partial charge in [-0.25, -0.2) is 14.8 Å². The van der Waals surface area contributed by atoms with E-state index in [0.717, 1.165) is 0 Å². The second-order valence-corrected chi connectivity index (χ2v) is 2.95. The fraction of sp³-hybridized carbons (Fsp3) is 0.286. The lowest BCUT2D eigenvalue weighted by atomic mass is 10.4. The minimum absolute atomic E-state index is 0.216. The van der Waals surface area contributed by atoms with Crippen LogP contribution in [-0.4, -0.2) is 30.1 Å². The standard InChI is InChI=1S/C7H8BrN3O2/c1-9-7-10-4(6(12)13-2)3-5(8)11-7/h3H,1-2H3,(H,9,10,11). The quantitative estimate of drug-likeness (QED) is 0.624. The number of rotatable bonds is 2. The molecule has 0 aliphatic carbocycles. The minimum Gasteiger partial charge on any atom is -0.464 e. The number of carbonyl (C=O) groups excluding carboxylic acids is 1. The lowest BCUT2D eigenvalue weighted by Gasteiger charge is -2.02. The molecular formula is C7H8BrN3O2. The van der Waals surface area contributed by atoms with Gasteiger partial charge >= 0.3 is 5.97 Å². The smallest absolute Gasteiger partial charge is 0.356 e. The van der Waals surface area contributed by atoms with Crippen molar-refractivity contribution in [1.82, 2.24) is 9.97 Å². The van der Waals surface area contributed by atoms with Crippen LogP contribution < -0.4 is 5.32 Å². The Hall–Kier alpha value is -1.17. The highest BCUT2D eigenvalue weighted by molar-refractivity contribution is 9.10. The van der Waals surface area contributed by atoms with Crippen LogP contribution in [0.2, 0.25) is 0 Å². The average Bonchev–Trinajstić information content (AvgIpc) is 2.15. The molecule has 5 nitrogen and oxygen atoms in total. The van der Waals surface area contributed by atoms with E-state index >= 15 is 0 Å². The van der Waals surface area contributed by atoms with Crippen LogP contribution in [0.15, 0.2) is 10.7 Å². The Morgan fingerprint density at radius 3 is 2.85 bits per heavy atom. The van der Waals surface area contributed by atoms with Crippen LogP contribution in [-0.2, 0) is 4.74 Å². The summed E-state index contributed by atoms with van der Waals surface area (Å²) in [4.78, 5) is 18.9. The zero-order chi connectivity index (χ0) is 9.84. The highest BCUT2D eigenvalue weighted by atomic mass is 79.9. The van der Waals surface area contributed by atoms with Crippen molar-refractivity contribution in [2.75, 3.05) is 19.5 Å². The third kappa shape index (κ3) is 2.38. The maximum atomic E-state index is 11.1. The van der Waals surface area contributed by atoms with Gasteiger partial charge in [0.2, 0.25) is 5.95 Å². The SMILES string of the molecule is CNc1nc(Br)cc(C(=O)OC)n1. The first kappa shape index (κ1) is 9.91. The van der Waals surface area contributed by atoms with Gasteiger partial charge in [-0.3, -0.25) is 0 Å². The van der Waals surface area contributed by atoms with Crippen molar-refractivity contribution in [1.29, 1.82) is 0 Å². The van der Waals surface area contributed by atoms with Crippen LogP contribution in [0.1, 0.15) is 10.5 Å². The summed E-state index contributed by atoms with van der Waals surface area (Å²) in [6, 6.07) is 1.49. The minimum atomic E-state index is -0.486. The van der Waals surface area contributed by atoms with E-state index in [-0.39, 0.29) is 5.69 Å². The van der Waals surface area contributed by atoms with E-state index in [0.29, 0.717) is 10.6 Å². The van der Waals surface area contributed by atoms with Crippen molar-refractivity contribution in [3.05, 3.63) is 16.4 Å². The molecule has 0 aromatic carbocycles. The van der Waals surface area contributed by atoms with Gasteiger partial charge in [0.25, 0.3) is 0 Å². The van der Waals surface area contributed by atoms with Gasteiger partial charge in [0.05, 0.1) is 7.11 Å². The van der Waals surface area contributed by atoms with E-state index < -0.39 is 5.97 Å². The molecule has 0 bridgehead atoms. The topological polar surface area (TPSA) is 64.1 Å². The summed E-state index contributed by atoms with van der Waals surface area (Å²) >= 11 is 3.15. The predicted octanol–water partition coefficient (Wildman–Crippen LogP) is 1.07. The summed E-state index contributed by atoms with van der Waals surface area (Å²) in [5, 5.41) is 2.73. The Morgan fingerprint density at radius 2 is 2.31 bits per heavy atom. The zero-order valence-corrected chi connectivity index (χ0v) is 8.75. The molecule has 0 amide bonds. The molecule has 1 aromatic rings. The average molecular weight is 246 g/mol. The van der Waals surface area contributed by atoms with Gasteiger partial charge in [0.15, 0.2) is 5.69 Å². The number of esters is 1. The molecule has 13 heavy (non-hydrogen) atoms. The molecular weight excluding hydrogens is 238 g/mol. The van der Waals surface area contributed by atoms with Crippen molar-refractivity contribution in [2.45, 2.75) is 0 Å². The molecule has 0 fully saturated rings. The summed E-state index contributed by atoms with van der Waals surface area (Å²) in [5.41, 5.74) is 0.216. The normalized spacial score (nSPS) is 9.46. The highest BCUT2D eigenvalue weighted by Crippen LogP contribution is 2.11. The third-order valence-corrected chi connectivity index (χ3v) is 1.72. The molecule has 0 aliphatic heterocycles. The van der Waals surface area contributed by atoms with Crippen molar-refractivity contribution in [2.24, 2.45) is 0 Å². The Bertz CT molecular complexity index is 330. The molecule has 0 radical (unpaired) electrons. The van der Waals surface area contributed by atoms with Gasteiger partial charge in [-0.15, -0.1) is 0 Å². The van der Waals surface area contributed by atoms with Crippen molar-refractivity contribution in [3.63, 3.8) is 0 Å². The Balaban J connectivity index is 3.08. The van der Waals surface area contributed by atoms with Gasteiger partial charge in [-0.1, -0.05) is 0 Å². The Kier molecular flexibility index (Phi) is 3.18. The van der Waals surface area contributed by atoms with Crippen LogP contribution in [0, 0.1) is 0 Å². The van der Waals surface area contributed by atoms with Crippen LogP contribution in [0.25, 0.3) is 0 Å². The first-order chi connectivity index (χ1) is 6.17. The molecule has 1 N–H and O–H groups in total. The van der Waals surface area contributed by atoms with E-state index in [1.165, 1.54) is 13.2 Å². The molecule has 0 saturated carbocycles. The molecule has 1 heterocycles. The van der Waals surface area contributed by atoms with E-state index in [1.54, 1.807) is 7.05 Å². The maximum absolute atomic E-state index is 11.1. The number of ether oxygens (including phenoxy) is 1. The van der Waals surface area contributed by atoms with E-state index in [4.69, 9.17) is 0 Å². The number of hydrogen-bond donors (Lipinski definition) is 1. The molecule has 1 aromatic heterocycles. The van der Waals surface area contributed by atoms with Gasteiger partial charge in [0.1, 0.15) is 4.60 Å². The number of aromatic nitrogens is 2. The van der Waals surface area contributed by atoms with E-state index in [2.05, 4.69) is 36.0 Å². The molecule has 0 atom stereocenters. The van der Waals surface area contributed by atoms with Crippen molar-refractivity contribution in [3.8, 4) is 0 Å². The van der Waals surface area contributed by atoms with E-state index in [1.807, 2.05) is 0 Å². The first-order valence-electron chi connectivity index (χ1n) is 3.48. The number of anilines is 1. The molecule has 0 spiro atoms. The van der Waals surface area contributed by atoms with Gasteiger partial charge in [-0.05, 0) is 15.9 Å². The number of carbonyl (C=O) groups is 1. The third-order valence-electron chi connectivity index (χ3n) is 1.31. The summed E-state index contributed by atoms with van der Waals surface area (Å²) in [7, 11) is 2.97. The summed E-state index contributed by atoms with van der Waals surface area (Å²) in [6.07, 6.45) is 0. The number of hydrogen-bond acceptors (Lipinski definition) is 5. The number of nitrogens with one attached hydrogen (secondary N) is 1. The molecule has 6 heteroatoms.